The van der Waals surface area contributed by atoms with Crippen molar-refractivity contribution < 1.29 is 0 Å². The number of aromatic nitrogens is 3. The topological polar surface area (TPSA) is 70.8 Å². The van der Waals surface area contributed by atoms with Crippen LogP contribution in [0.5, 0.6) is 0 Å². The van der Waals surface area contributed by atoms with Crippen molar-refractivity contribution >= 4 is 27.8 Å². The van der Waals surface area contributed by atoms with Gasteiger partial charge in [0.2, 0.25) is 0 Å². The number of nitrogens with two attached hydrogens (primary N) is 1. The first-order valence-corrected chi connectivity index (χ1v) is 7.45. The van der Waals surface area contributed by atoms with E-state index >= 15 is 0 Å². The average Bonchev–Trinajstić information content (AvgIpc) is 2.93. The summed E-state index contributed by atoms with van der Waals surface area (Å²) in [5.41, 5.74) is 8.82. The van der Waals surface area contributed by atoms with Crippen LogP contribution in [-0.4, -0.2) is 40.0 Å². The van der Waals surface area contributed by atoms with E-state index in [0.29, 0.717) is 11.7 Å². The van der Waals surface area contributed by atoms with Crippen molar-refractivity contribution in [3.8, 4) is 0 Å². The third-order valence-corrected chi connectivity index (χ3v) is 4.39. The van der Waals surface area contributed by atoms with Gasteiger partial charge in [0.15, 0.2) is 0 Å². The van der Waals surface area contributed by atoms with Crippen LogP contribution in [0.2, 0.25) is 0 Å². The Kier molecular flexibility index (Phi) is 2.82. The van der Waals surface area contributed by atoms with Crippen LogP contribution >= 0.6 is 0 Å². The number of nitrogen functional groups attached to an aromatic ring is 1. The van der Waals surface area contributed by atoms with E-state index in [2.05, 4.69) is 28.0 Å². The van der Waals surface area contributed by atoms with Crippen LogP contribution in [0.15, 0.2) is 24.3 Å². The summed E-state index contributed by atoms with van der Waals surface area (Å²) in [6.07, 6.45) is 2.39. The van der Waals surface area contributed by atoms with E-state index < -0.39 is 0 Å². The molecule has 1 saturated heterocycles. The molecule has 0 aliphatic carbocycles. The highest BCUT2D eigenvalue weighted by Crippen LogP contribution is 2.30. The molecule has 2 aromatic heterocycles. The number of fused-ring (bicyclic) bond motifs is 3. The van der Waals surface area contributed by atoms with Gasteiger partial charge in [-0.15, -0.1) is 0 Å². The molecule has 4 rings (SSSR count). The highest BCUT2D eigenvalue weighted by atomic mass is 15.1. The van der Waals surface area contributed by atoms with Crippen molar-refractivity contribution in [2.75, 3.05) is 25.9 Å². The Morgan fingerprint density at radius 2 is 2.14 bits per heavy atom. The second kappa shape index (κ2) is 4.70. The Morgan fingerprint density at radius 1 is 1.29 bits per heavy atom. The first-order valence-electron chi connectivity index (χ1n) is 7.45. The van der Waals surface area contributed by atoms with Crippen molar-refractivity contribution in [1.29, 1.82) is 0 Å². The van der Waals surface area contributed by atoms with Crippen LogP contribution in [0.4, 0.5) is 5.82 Å². The van der Waals surface area contributed by atoms with Gasteiger partial charge in [0.1, 0.15) is 22.7 Å². The number of hydrogen-bond donors (Lipinski definition) is 2. The summed E-state index contributed by atoms with van der Waals surface area (Å²) >= 11 is 0. The molecule has 21 heavy (non-hydrogen) atoms. The summed E-state index contributed by atoms with van der Waals surface area (Å²) in [6.45, 7) is 2.22. The van der Waals surface area contributed by atoms with Crippen LogP contribution in [0, 0.1) is 0 Å². The molecule has 0 bridgehead atoms. The molecule has 0 radical (unpaired) electrons. The number of likely N-dealkylation sites (tertiary alicyclic amines) is 1. The van der Waals surface area contributed by atoms with Gasteiger partial charge in [-0.2, -0.15) is 0 Å². The third-order valence-electron chi connectivity index (χ3n) is 4.39. The third kappa shape index (κ3) is 2.05. The summed E-state index contributed by atoms with van der Waals surface area (Å²) in [5, 5.41) is 1.06. The minimum Gasteiger partial charge on any atom is -0.382 e. The molecule has 1 atom stereocenters. The molecule has 3 aromatic rings. The molecular formula is C16H19N5. The number of H-pyrrole nitrogens is 1. The maximum Gasteiger partial charge on any atom is 0.150 e. The number of para-hydroxylation sites is 1. The monoisotopic (exact) mass is 281 g/mol. The van der Waals surface area contributed by atoms with Gasteiger partial charge in [0.25, 0.3) is 0 Å². The van der Waals surface area contributed by atoms with E-state index in [0.717, 1.165) is 34.3 Å². The molecule has 1 aromatic carbocycles. The summed E-state index contributed by atoms with van der Waals surface area (Å²) in [5.74, 6) is 2.03. The number of anilines is 1. The Balaban J connectivity index is 1.89. The molecule has 5 heteroatoms. The fraction of sp³-hybridized carbons (Fsp3) is 0.375. The van der Waals surface area contributed by atoms with E-state index in [1.807, 2.05) is 18.2 Å². The number of nitrogens with one attached hydrogen (secondary N) is 1. The van der Waals surface area contributed by atoms with Gasteiger partial charge in [0.05, 0.1) is 5.52 Å². The summed E-state index contributed by atoms with van der Waals surface area (Å²) in [4.78, 5) is 15.1. The number of benzene rings is 1. The molecule has 0 spiro atoms. The molecule has 1 aliphatic rings. The lowest BCUT2D eigenvalue weighted by atomic mass is 9.98. The van der Waals surface area contributed by atoms with E-state index in [-0.39, 0.29) is 0 Å². The van der Waals surface area contributed by atoms with Gasteiger partial charge in [-0.25, -0.2) is 9.97 Å². The minimum absolute atomic E-state index is 0.453. The summed E-state index contributed by atoms with van der Waals surface area (Å²) in [6, 6.07) is 8.03. The highest BCUT2D eigenvalue weighted by molar-refractivity contribution is 6.06. The second-order valence-electron chi connectivity index (χ2n) is 5.96. The van der Waals surface area contributed by atoms with Crippen molar-refractivity contribution in [3.05, 3.63) is 30.1 Å². The smallest absolute Gasteiger partial charge is 0.150 e. The molecule has 5 nitrogen and oxygen atoms in total. The standard InChI is InChI=1S/C16H19N5/c1-21-8-4-5-10(9-21)16-19-13-11-6-2-3-7-12(11)18-15(17)14(13)20-16/h2-3,6-7,10H,4-5,8-9H2,1H3,(H2,17,18)(H,19,20)/t10-/m1/s1. The van der Waals surface area contributed by atoms with E-state index in [4.69, 9.17) is 10.7 Å². The molecular weight excluding hydrogens is 262 g/mol. The Labute approximate surface area is 123 Å². The van der Waals surface area contributed by atoms with E-state index in [9.17, 15) is 0 Å². The molecule has 108 valence electrons. The molecule has 3 heterocycles. The number of piperidine rings is 1. The average molecular weight is 281 g/mol. The Bertz CT molecular complexity index is 807. The zero-order valence-corrected chi connectivity index (χ0v) is 12.1. The first kappa shape index (κ1) is 12.6. The maximum absolute atomic E-state index is 6.10. The van der Waals surface area contributed by atoms with Crippen LogP contribution < -0.4 is 5.73 Å². The SMILES string of the molecule is CN1CCC[C@@H](c2nc3c([nH]2)c(N)nc2ccccc23)C1. The Hall–Kier alpha value is -2.14. The van der Waals surface area contributed by atoms with E-state index in [1.165, 1.54) is 19.4 Å². The van der Waals surface area contributed by atoms with Gasteiger partial charge in [-0.1, -0.05) is 18.2 Å². The quantitative estimate of drug-likeness (QED) is 0.719. The fourth-order valence-electron chi connectivity index (χ4n) is 3.31. The molecule has 0 saturated carbocycles. The normalized spacial score (nSPS) is 20.3. The van der Waals surface area contributed by atoms with Gasteiger partial charge < -0.3 is 15.6 Å². The number of imidazole rings is 1. The van der Waals surface area contributed by atoms with Crippen molar-refractivity contribution in [3.63, 3.8) is 0 Å². The van der Waals surface area contributed by atoms with Crippen molar-refractivity contribution in [2.45, 2.75) is 18.8 Å². The minimum atomic E-state index is 0.453. The van der Waals surface area contributed by atoms with Crippen LogP contribution in [0.3, 0.4) is 0 Å². The van der Waals surface area contributed by atoms with Gasteiger partial charge >= 0.3 is 0 Å². The summed E-state index contributed by atoms with van der Waals surface area (Å²) in [7, 11) is 2.17. The molecule has 1 fully saturated rings. The highest BCUT2D eigenvalue weighted by Gasteiger charge is 2.23. The zero-order chi connectivity index (χ0) is 14.4. The largest absolute Gasteiger partial charge is 0.382 e. The van der Waals surface area contributed by atoms with Crippen LogP contribution in [-0.2, 0) is 0 Å². The number of rotatable bonds is 1. The number of hydrogen-bond acceptors (Lipinski definition) is 4. The molecule has 3 N–H and O–H groups in total. The second-order valence-corrected chi connectivity index (χ2v) is 5.96. The first-order chi connectivity index (χ1) is 10.2. The van der Waals surface area contributed by atoms with Gasteiger partial charge in [-0.05, 0) is 32.5 Å². The van der Waals surface area contributed by atoms with Crippen LogP contribution in [0.1, 0.15) is 24.6 Å². The lowest BCUT2D eigenvalue weighted by molar-refractivity contribution is 0.246. The number of pyridine rings is 1. The lowest BCUT2D eigenvalue weighted by Crippen LogP contribution is -2.31. The van der Waals surface area contributed by atoms with Gasteiger partial charge in [-0.3, -0.25) is 0 Å². The molecule has 0 unspecified atom stereocenters. The zero-order valence-electron chi connectivity index (χ0n) is 12.1. The van der Waals surface area contributed by atoms with Crippen LogP contribution in [0.25, 0.3) is 21.9 Å². The number of likely N-dealkylation sites (N-methyl/N-ethyl adjacent to an activating group) is 1. The molecule has 1 aliphatic heterocycles. The van der Waals surface area contributed by atoms with Crippen molar-refractivity contribution in [2.24, 2.45) is 0 Å². The predicted molar refractivity (Wildman–Crippen MR) is 85.3 cm³/mol. The maximum atomic E-state index is 6.10. The fourth-order valence-corrected chi connectivity index (χ4v) is 3.31. The number of aromatic amines is 1. The van der Waals surface area contributed by atoms with Crippen molar-refractivity contribution in [1.82, 2.24) is 19.9 Å². The molecule has 0 amide bonds. The number of nitrogens with zero attached hydrogens (tertiary/aromatic N) is 3. The Morgan fingerprint density at radius 3 is 3.00 bits per heavy atom. The summed E-state index contributed by atoms with van der Waals surface area (Å²) < 4.78 is 0. The van der Waals surface area contributed by atoms with E-state index in [1.54, 1.807) is 0 Å². The lowest BCUT2D eigenvalue weighted by Gasteiger charge is -2.28. The predicted octanol–water partition coefficient (Wildman–Crippen LogP) is 2.50. The van der Waals surface area contributed by atoms with Gasteiger partial charge in [0, 0.05) is 17.8 Å².